The third-order valence-corrected chi connectivity index (χ3v) is 2.23. The molecule has 7 heteroatoms. The molecule has 1 aromatic carbocycles. The van der Waals surface area contributed by atoms with Crippen molar-refractivity contribution in [3.63, 3.8) is 0 Å². The van der Waals surface area contributed by atoms with E-state index in [9.17, 15) is 14.4 Å². The van der Waals surface area contributed by atoms with E-state index in [-0.39, 0.29) is 6.61 Å². The minimum absolute atomic E-state index is 0.0191. The number of primary amides is 1. The SMILES string of the molecule is NC(=O)[C@H](CC(=O)O)NC(=O)OCc1ccccc1. The Hall–Kier alpha value is -2.57. The molecule has 0 radical (unpaired) electrons. The van der Waals surface area contributed by atoms with Crippen LogP contribution in [0, 0.1) is 0 Å². The molecule has 0 saturated carbocycles. The first-order chi connectivity index (χ1) is 8.99. The summed E-state index contributed by atoms with van der Waals surface area (Å²) in [5.74, 6) is -2.17. The Morgan fingerprint density at radius 3 is 2.42 bits per heavy atom. The van der Waals surface area contributed by atoms with Gasteiger partial charge in [0.25, 0.3) is 0 Å². The average Bonchev–Trinajstić information content (AvgIpc) is 2.36. The molecule has 1 rings (SSSR count). The van der Waals surface area contributed by atoms with Crippen LogP contribution in [0.3, 0.4) is 0 Å². The zero-order valence-electron chi connectivity index (χ0n) is 10.0. The van der Waals surface area contributed by atoms with Gasteiger partial charge in [-0.2, -0.15) is 0 Å². The van der Waals surface area contributed by atoms with Gasteiger partial charge in [0.05, 0.1) is 6.42 Å². The van der Waals surface area contributed by atoms with E-state index < -0.39 is 30.4 Å². The van der Waals surface area contributed by atoms with Crippen molar-refractivity contribution in [3.8, 4) is 0 Å². The van der Waals surface area contributed by atoms with Gasteiger partial charge in [0.1, 0.15) is 12.6 Å². The Bertz CT molecular complexity index is 460. The van der Waals surface area contributed by atoms with Gasteiger partial charge < -0.3 is 20.9 Å². The largest absolute Gasteiger partial charge is 0.481 e. The van der Waals surface area contributed by atoms with Gasteiger partial charge >= 0.3 is 12.1 Å². The van der Waals surface area contributed by atoms with Crippen LogP contribution < -0.4 is 11.1 Å². The predicted molar refractivity (Wildman–Crippen MR) is 65.0 cm³/mol. The summed E-state index contributed by atoms with van der Waals surface area (Å²) in [7, 11) is 0. The number of nitrogens with two attached hydrogens (primary N) is 1. The molecular weight excluding hydrogens is 252 g/mol. The van der Waals surface area contributed by atoms with E-state index in [1.165, 1.54) is 0 Å². The van der Waals surface area contributed by atoms with Crippen LogP contribution in [-0.2, 0) is 20.9 Å². The molecule has 0 unspecified atom stereocenters. The lowest BCUT2D eigenvalue weighted by atomic mass is 10.2. The molecule has 0 spiro atoms. The van der Waals surface area contributed by atoms with E-state index in [0.29, 0.717) is 0 Å². The number of amides is 2. The van der Waals surface area contributed by atoms with Gasteiger partial charge in [-0.3, -0.25) is 9.59 Å². The van der Waals surface area contributed by atoms with Crippen LogP contribution in [0.4, 0.5) is 4.79 Å². The monoisotopic (exact) mass is 266 g/mol. The molecule has 0 bridgehead atoms. The maximum absolute atomic E-state index is 11.4. The number of carboxylic acids is 1. The first kappa shape index (κ1) is 14.5. The number of benzene rings is 1. The van der Waals surface area contributed by atoms with E-state index >= 15 is 0 Å². The number of hydrogen-bond acceptors (Lipinski definition) is 4. The fraction of sp³-hybridized carbons (Fsp3) is 0.250. The smallest absolute Gasteiger partial charge is 0.408 e. The van der Waals surface area contributed by atoms with Gasteiger partial charge in [-0.25, -0.2) is 4.79 Å². The summed E-state index contributed by atoms with van der Waals surface area (Å²) < 4.78 is 4.84. The van der Waals surface area contributed by atoms with Crippen LogP contribution in [-0.4, -0.2) is 29.1 Å². The minimum atomic E-state index is -1.29. The summed E-state index contributed by atoms with van der Waals surface area (Å²) in [4.78, 5) is 32.8. The van der Waals surface area contributed by atoms with Gasteiger partial charge in [-0.05, 0) is 5.56 Å². The highest BCUT2D eigenvalue weighted by Crippen LogP contribution is 2.01. The molecule has 0 heterocycles. The molecule has 0 aromatic heterocycles. The van der Waals surface area contributed by atoms with Crippen molar-refractivity contribution in [3.05, 3.63) is 35.9 Å². The fourth-order valence-electron chi connectivity index (χ4n) is 1.30. The summed E-state index contributed by atoms with van der Waals surface area (Å²) in [6.07, 6.45) is -1.48. The number of nitrogens with one attached hydrogen (secondary N) is 1. The normalized spacial score (nSPS) is 11.4. The summed E-state index contributed by atoms with van der Waals surface area (Å²) in [6.45, 7) is 0.0191. The van der Waals surface area contributed by atoms with Crippen LogP contribution in [0.1, 0.15) is 12.0 Å². The number of hydrogen-bond donors (Lipinski definition) is 3. The topological polar surface area (TPSA) is 119 Å². The summed E-state index contributed by atoms with van der Waals surface area (Å²) >= 11 is 0. The van der Waals surface area contributed by atoms with Crippen LogP contribution >= 0.6 is 0 Å². The van der Waals surface area contributed by atoms with Crippen LogP contribution in [0.2, 0.25) is 0 Å². The lowest BCUT2D eigenvalue weighted by Gasteiger charge is -2.13. The predicted octanol–water partition coefficient (Wildman–Crippen LogP) is 0.241. The zero-order valence-corrected chi connectivity index (χ0v) is 10.0. The Labute approximate surface area is 109 Å². The molecule has 19 heavy (non-hydrogen) atoms. The summed E-state index contributed by atoms with van der Waals surface area (Å²) in [6, 6.07) is 7.62. The molecule has 4 N–H and O–H groups in total. The fourth-order valence-corrected chi connectivity index (χ4v) is 1.30. The second-order valence-electron chi connectivity index (χ2n) is 3.76. The molecular formula is C12H14N2O5. The summed E-state index contributed by atoms with van der Waals surface area (Å²) in [5.41, 5.74) is 5.74. The molecule has 1 atom stereocenters. The van der Waals surface area contributed by atoms with Crippen LogP contribution in [0.15, 0.2) is 30.3 Å². The standard InChI is InChI=1S/C12H14N2O5/c13-11(17)9(6-10(15)16)14-12(18)19-7-8-4-2-1-3-5-8/h1-5,9H,6-7H2,(H2,13,17)(H,14,18)(H,15,16)/t9-/m0/s1. The van der Waals surface area contributed by atoms with Crippen molar-refractivity contribution in [1.29, 1.82) is 0 Å². The Balaban J connectivity index is 2.45. The molecule has 0 aliphatic rings. The van der Waals surface area contributed by atoms with Crippen molar-refractivity contribution in [2.75, 3.05) is 0 Å². The molecule has 7 nitrogen and oxygen atoms in total. The molecule has 0 saturated heterocycles. The minimum Gasteiger partial charge on any atom is -0.481 e. The molecule has 102 valence electrons. The maximum Gasteiger partial charge on any atom is 0.408 e. The first-order valence-electron chi connectivity index (χ1n) is 5.47. The Morgan fingerprint density at radius 1 is 1.26 bits per heavy atom. The third-order valence-electron chi connectivity index (χ3n) is 2.23. The molecule has 2 amide bonds. The highest BCUT2D eigenvalue weighted by atomic mass is 16.5. The van der Waals surface area contributed by atoms with Gasteiger partial charge in [-0.1, -0.05) is 30.3 Å². The molecule has 0 aliphatic carbocycles. The molecule has 0 fully saturated rings. The highest BCUT2D eigenvalue weighted by molar-refractivity contribution is 5.88. The maximum atomic E-state index is 11.4. The number of carboxylic acid groups (broad SMARTS) is 1. The number of ether oxygens (including phenoxy) is 1. The van der Waals surface area contributed by atoms with Crippen molar-refractivity contribution in [2.24, 2.45) is 5.73 Å². The van der Waals surface area contributed by atoms with Crippen molar-refractivity contribution in [1.82, 2.24) is 5.32 Å². The van der Waals surface area contributed by atoms with Crippen molar-refractivity contribution >= 4 is 18.0 Å². The van der Waals surface area contributed by atoms with Crippen molar-refractivity contribution in [2.45, 2.75) is 19.1 Å². The first-order valence-corrected chi connectivity index (χ1v) is 5.47. The van der Waals surface area contributed by atoms with E-state index in [2.05, 4.69) is 5.32 Å². The number of alkyl carbamates (subject to hydrolysis) is 1. The van der Waals surface area contributed by atoms with E-state index in [0.717, 1.165) is 5.56 Å². The molecule has 1 aromatic rings. The number of carbonyl (C=O) groups is 3. The van der Waals surface area contributed by atoms with E-state index in [1.807, 2.05) is 6.07 Å². The Kier molecular flexibility index (Phi) is 5.34. The average molecular weight is 266 g/mol. The third kappa shape index (κ3) is 5.53. The van der Waals surface area contributed by atoms with Gasteiger partial charge in [0.2, 0.25) is 5.91 Å². The zero-order chi connectivity index (χ0) is 14.3. The molecule has 0 aliphatic heterocycles. The van der Waals surface area contributed by atoms with Gasteiger partial charge in [0.15, 0.2) is 0 Å². The highest BCUT2D eigenvalue weighted by Gasteiger charge is 2.21. The van der Waals surface area contributed by atoms with E-state index in [1.54, 1.807) is 24.3 Å². The van der Waals surface area contributed by atoms with Gasteiger partial charge in [0, 0.05) is 0 Å². The second-order valence-corrected chi connectivity index (χ2v) is 3.76. The van der Waals surface area contributed by atoms with Crippen molar-refractivity contribution < 1.29 is 24.2 Å². The van der Waals surface area contributed by atoms with E-state index in [4.69, 9.17) is 15.6 Å². The lowest BCUT2D eigenvalue weighted by molar-refractivity contribution is -0.139. The number of rotatable bonds is 6. The number of carbonyl (C=O) groups excluding carboxylic acids is 2. The number of aliphatic carboxylic acids is 1. The second kappa shape index (κ2) is 7.00. The van der Waals surface area contributed by atoms with Crippen LogP contribution in [0.5, 0.6) is 0 Å². The summed E-state index contributed by atoms with van der Waals surface area (Å²) in [5, 5.41) is 10.7. The quantitative estimate of drug-likeness (QED) is 0.681. The Morgan fingerprint density at radius 2 is 1.89 bits per heavy atom. The lowest BCUT2D eigenvalue weighted by Crippen LogP contribution is -2.45. The van der Waals surface area contributed by atoms with Gasteiger partial charge in [-0.15, -0.1) is 0 Å². The van der Waals surface area contributed by atoms with Crippen LogP contribution in [0.25, 0.3) is 0 Å².